The molecule has 0 amide bonds. The van der Waals surface area contributed by atoms with Gasteiger partial charge in [0.2, 0.25) is 11.8 Å². The van der Waals surface area contributed by atoms with Crippen molar-refractivity contribution in [2.75, 3.05) is 7.11 Å². The summed E-state index contributed by atoms with van der Waals surface area (Å²) < 4.78 is 17.6. The molecule has 0 aromatic carbocycles. The first kappa shape index (κ1) is 12.8. The molecule has 0 aliphatic carbocycles. The average molecular weight is 228 g/mol. The van der Waals surface area contributed by atoms with E-state index < -0.39 is 12.1 Å². The number of aliphatic hydroxyl groups excluding tert-OH is 1. The quantitative estimate of drug-likeness (QED) is 0.759. The number of aromatic nitrogens is 2. The van der Waals surface area contributed by atoms with E-state index in [-0.39, 0.29) is 5.88 Å². The molecule has 1 aromatic rings. The third-order valence-electron chi connectivity index (χ3n) is 2.33. The summed E-state index contributed by atoms with van der Waals surface area (Å²) in [6, 6.07) is 0. The normalized spacial score (nSPS) is 12.5. The van der Waals surface area contributed by atoms with Gasteiger partial charge in [0.15, 0.2) is 0 Å². The SMILES string of the molecule is CCCCCC(O)c1ncc(F)nc1OC. The van der Waals surface area contributed by atoms with Crippen molar-refractivity contribution in [1.82, 2.24) is 9.97 Å². The lowest BCUT2D eigenvalue weighted by Crippen LogP contribution is -2.06. The molecule has 0 saturated carbocycles. The molecule has 0 fully saturated rings. The Hall–Kier alpha value is -1.23. The maximum absolute atomic E-state index is 12.8. The van der Waals surface area contributed by atoms with E-state index in [0.717, 1.165) is 25.5 Å². The highest BCUT2D eigenvalue weighted by Crippen LogP contribution is 2.24. The predicted octanol–water partition coefficient (Wildman–Crippen LogP) is 2.24. The van der Waals surface area contributed by atoms with Crippen LogP contribution in [-0.2, 0) is 0 Å². The summed E-state index contributed by atoms with van der Waals surface area (Å²) >= 11 is 0. The zero-order valence-electron chi connectivity index (χ0n) is 9.61. The Morgan fingerprint density at radius 1 is 1.50 bits per heavy atom. The molecule has 1 atom stereocenters. The van der Waals surface area contributed by atoms with E-state index >= 15 is 0 Å². The van der Waals surface area contributed by atoms with Crippen LogP contribution in [0.25, 0.3) is 0 Å². The van der Waals surface area contributed by atoms with E-state index in [4.69, 9.17) is 4.74 Å². The van der Waals surface area contributed by atoms with Gasteiger partial charge < -0.3 is 9.84 Å². The number of hydrogen-bond donors (Lipinski definition) is 1. The Morgan fingerprint density at radius 2 is 2.25 bits per heavy atom. The van der Waals surface area contributed by atoms with Gasteiger partial charge in [0, 0.05) is 0 Å². The highest BCUT2D eigenvalue weighted by molar-refractivity contribution is 5.19. The van der Waals surface area contributed by atoms with E-state index in [2.05, 4.69) is 16.9 Å². The molecule has 1 unspecified atom stereocenters. The van der Waals surface area contributed by atoms with Gasteiger partial charge in [-0.25, -0.2) is 4.98 Å². The van der Waals surface area contributed by atoms with Gasteiger partial charge in [-0.15, -0.1) is 0 Å². The van der Waals surface area contributed by atoms with E-state index in [0.29, 0.717) is 12.1 Å². The van der Waals surface area contributed by atoms with Crippen molar-refractivity contribution in [2.24, 2.45) is 0 Å². The Morgan fingerprint density at radius 3 is 2.88 bits per heavy atom. The molecule has 0 spiro atoms. The van der Waals surface area contributed by atoms with Gasteiger partial charge in [0.1, 0.15) is 11.8 Å². The summed E-state index contributed by atoms with van der Waals surface area (Å²) in [6.45, 7) is 2.09. The molecule has 0 aliphatic rings. The molecule has 1 heterocycles. The van der Waals surface area contributed by atoms with Gasteiger partial charge in [-0.1, -0.05) is 26.2 Å². The first-order chi connectivity index (χ1) is 7.69. The second kappa shape index (κ2) is 6.37. The van der Waals surface area contributed by atoms with Crippen LogP contribution >= 0.6 is 0 Å². The first-order valence-electron chi connectivity index (χ1n) is 5.43. The fraction of sp³-hybridized carbons (Fsp3) is 0.636. The lowest BCUT2D eigenvalue weighted by Gasteiger charge is -2.12. The molecule has 1 rings (SSSR count). The highest BCUT2D eigenvalue weighted by Gasteiger charge is 2.16. The number of methoxy groups -OCH3 is 1. The van der Waals surface area contributed by atoms with Gasteiger partial charge in [-0.05, 0) is 6.42 Å². The number of nitrogens with zero attached hydrogens (tertiary/aromatic N) is 2. The zero-order chi connectivity index (χ0) is 12.0. The Kier molecular flexibility index (Phi) is 5.11. The van der Waals surface area contributed by atoms with Crippen LogP contribution in [0.5, 0.6) is 5.88 Å². The molecule has 0 bridgehead atoms. The topological polar surface area (TPSA) is 55.2 Å². The molecule has 0 saturated heterocycles. The molecule has 5 heteroatoms. The van der Waals surface area contributed by atoms with Crippen LogP contribution < -0.4 is 4.74 Å². The molecule has 90 valence electrons. The third-order valence-corrected chi connectivity index (χ3v) is 2.33. The number of hydrogen-bond acceptors (Lipinski definition) is 4. The molecule has 0 aliphatic heterocycles. The Balaban J connectivity index is 2.70. The van der Waals surface area contributed by atoms with Crippen molar-refractivity contribution < 1.29 is 14.2 Å². The smallest absolute Gasteiger partial charge is 0.240 e. The Bertz CT molecular complexity index is 334. The minimum absolute atomic E-state index is 0.0593. The average Bonchev–Trinajstić information content (AvgIpc) is 2.29. The maximum atomic E-state index is 12.8. The van der Waals surface area contributed by atoms with Gasteiger partial charge in [0.25, 0.3) is 0 Å². The molecule has 1 N–H and O–H groups in total. The first-order valence-corrected chi connectivity index (χ1v) is 5.43. The van der Waals surface area contributed by atoms with Crippen molar-refractivity contribution in [1.29, 1.82) is 0 Å². The van der Waals surface area contributed by atoms with Gasteiger partial charge in [0.05, 0.1) is 13.3 Å². The molecule has 1 aromatic heterocycles. The van der Waals surface area contributed by atoms with Crippen molar-refractivity contribution in [2.45, 2.75) is 38.7 Å². The van der Waals surface area contributed by atoms with E-state index in [1.165, 1.54) is 7.11 Å². The molecular weight excluding hydrogens is 211 g/mol. The van der Waals surface area contributed by atoms with Crippen molar-refractivity contribution in [3.8, 4) is 5.88 Å². The summed E-state index contributed by atoms with van der Waals surface area (Å²) in [7, 11) is 1.38. The summed E-state index contributed by atoms with van der Waals surface area (Å²) in [5.74, 6) is -0.648. The number of rotatable bonds is 6. The highest BCUT2D eigenvalue weighted by atomic mass is 19.1. The van der Waals surface area contributed by atoms with Gasteiger partial charge >= 0.3 is 0 Å². The van der Waals surface area contributed by atoms with Crippen molar-refractivity contribution in [3.05, 3.63) is 17.8 Å². The lowest BCUT2D eigenvalue weighted by atomic mass is 10.1. The van der Waals surface area contributed by atoms with Crippen LogP contribution in [0.1, 0.15) is 44.4 Å². The molecular formula is C11H17FN2O2. The van der Waals surface area contributed by atoms with Crippen molar-refractivity contribution in [3.63, 3.8) is 0 Å². The number of halogens is 1. The summed E-state index contributed by atoms with van der Waals surface area (Å²) in [4.78, 5) is 7.34. The second-order valence-electron chi connectivity index (χ2n) is 3.60. The zero-order valence-corrected chi connectivity index (χ0v) is 9.61. The number of ether oxygens (including phenoxy) is 1. The number of unbranched alkanes of at least 4 members (excludes halogenated alkanes) is 2. The maximum Gasteiger partial charge on any atom is 0.240 e. The molecule has 0 radical (unpaired) electrons. The minimum Gasteiger partial charge on any atom is -0.480 e. The largest absolute Gasteiger partial charge is 0.480 e. The van der Waals surface area contributed by atoms with Gasteiger partial charge in [-0.2, -0.15) is 9.37 Å². The molecule has 4 nitrogen and oxygen atoms in total. The van der Waals surface area contributed by atoms with Crippen molar-refractivity contribution >= 4 is 0 Å². The van der Waals surface area contributed by atoms with E-state index in [1.807, 2.05) is 0 Å². The lowest BCUT2D eigenvalue weighted by molar-refractivity contribution is 0.153. The standard InChI is InChI=1S/C11H17FN2O2/c1-3-4-5-6-8(15)10-11(16-2)14-9(12)7-13-10/h7-8,15H,3-6H2,1-2H3. The van der Waals surface area contributed by atoms with Crippen LogP contribution in [-0.4, -0.2) is 22.2 Å². The van der Waals surface area contributed by atoms with Crippen LogP contribution in [0.15, 0.2) is 6.20 Å². The second-order valence-corrected chi connectivity index (χ2v) is 3.60. The predicted molar refractivity (Wildman–Crippen MR) is 57.6 cm³/mol. The van der Waals surface area contributed by atoms with Gasteiger partial charge in [-0.3, -0.25) is 0 Å². The van der Waals surface area contributed by atoms with E-state index in [9.17, 15) is 9.50 Å². The molecule has 16 heavy (non-hydrogen) atoms. The Labute approximate surface area is 94.5 Å². The fourth-order valence-corrected chi connectivity index (χ4v) is 1.46. The van der Waals surface area contributed by atoms with Crippen LogP contribution in [0.3, 0.4) is 0 Å². The third kappa shape index (κ3) is 3.41. The summed E-state index contributed by atoms with van der Waals surface area (Å²) in [5, 5.41) is 9.85. The number of aliphatic hydroxyl groups is 1. The van der Waals surface area contributed by atoms with Crippen LogP contribution in [0, 0.1) is 5.95 Å². The summed E-state index contributed by atoms with van der Waals surface area (Å²) in [6.07, 6.45) is 3.87. The fourth-order valence-electron chi connectivity index (χ4n) is 1.46. The monoisotopic (exact) mass is 228 g/mol. The minimum atomic E-state index is -0.741. The van der Waals surface area contributed by atoms with Crippen LogP contribution in [0.4, 0.5) is 4.39 Å². The van der Waals surface area contributed by atoms with E-state index in [1.54, 1.807) is 0 Å². The summed E-state index contributed by atoms with van der Waals surface area (Å²) in [5.41, 5.74) is 0.306. The van der Waals surface area contributed by atoms with Crippen LogP contribution in [0.2, 0.25) is 0 Å².